The molecule has 0 fully saturated rings. The van der Waals surface area contributed by atoms with Crippen LogP contribution in [0.5, 0.6) is 0 Å². The molecule has 3 atom stereocenters. The van der Waals surface area contributed by atoms with Crippen molar-refractivity contribution in [3.8, 4) is 0 Å². The van der Waals surface area contributed by atoms with E-state index < -0.39 is 41.4 Å². The highest BCUT2D eigenvalue weighted by Crippen LogP contribution is 1.99. The van der Waals surface area contributed by atoms with Gasteiger partial charge in [0, 0.05) is 5.57 Å². The Kier molecular flexibility index (Phi) is 7.28. The van der Waals surface area contributed by atoms with Crippen LogP contribution in [-0.4, -0.2) is 48.2 Å². The number of aliphatic hydroxyl groups excluding tert-OH is 2. The van der Waals surface area contributed by atoms with Crippen LogP contribution in [0.1, 0.15) is 27.7 Å². The van der Waals surface area contributed by atoms with Crippen LogP contribution >= 0.6 is 0 Å². The maximum atomic E-state index is 12.5. The standard InChI is InChI=1S/C16H25N3O7/c1-9(2)13(22)26-12(5)8-19-15(24)17(6-10(3)20)14(23)18(16(19)25)7-11(4)21/h10-12,20-21H,1,6-8H2,2-5H3. The van der Waals surface area contributed by atoms with Crippen LogP contribution < -0.4 is 17.1 Å². The Balaban J connectivity index is 3.43. The summed E-state index contributed by atoms with van der Waals surface area (Å²) in [6, 6.07) is 0. The predicted molar refractivity (Wildman–Crippen MR) is 93.0 cm³/mol. The van der Waals surface area contributed by atoms with Crippen molar-refractivity contribution in [2.24, 2.45) is 0 Å². The van der Waals surface area contributed by atoms with Crippen LogP contribution in [0.2, 0.25) is 0 Å². The third-order valence-corrected chi connectivity index (χ3v) is 3.38. The fraction of sp³-hybridized carbons (Fsp3) is 0.625. The van der Waals surface area contributed by atoms with Gasteiger partial charge in [-0.05, 0) is 27.7 Å². The van der Waals surface area contributed by atoms with E-state index in [0.717, 1.165) is 4.57 Å². The molecule has 0 spiro atoms. The zero-order chi connectivity index (χ0) is 20.2. The van der Waals surface area contributed by atoms with Crippen LogP contribution in [0.25, 0.3) is 0 Å². The van der Waals surface area contributed by atoms with Crippen molar-refractivity contribution in [3.05, 3.63) is 43.6 Å². The van der Waals surface area contributed by atoms with Crippen molar-refractivity contribution >= 4 is 5.97 Å². The Morgan fingerprint density at radius 2 is 1.27 bits per heavy atom. The highest BCUT2D eigenvalue weighted by atomic mass is 16.5. The molecule has 0 bridgehead atoms. The Morgan fingerprint density at radius 3 is 1.58 bits per heavy atom. The molecule has 0 saturated heterocycles. The lowest BCUT2D eigenvalue weighted by Gasteiger charge is -2.18. The van der Waals surface area contributed by atoms with Gasteiger partial charge in [0.2, 0.25) is 0 Å². The third kappa shape index (κ3) is 5.27. The number of hydrogen-bond donors (Lipinski definition) is 2. The summed E-state index contributed by atoms with van der Waals surface area (Å²) in [5.74, 6) is -0.674. The molecule has 10 nitrogen and oxygen atoms in total. The van der Waals surface area contributed by atoms with Gasteiger partial charge >= 0.3 is 23.0 Å². The number of carbonyl (C=O) groups is 1. The van der Waals surface area contributed by atoms with Gasteiger partial charge in [-0.3, -0.25) is 0 Å². The van der Waals surface area contributed by atoms with Crippen LogP contribution in [0, 0.1) is 0 Å². The maximum absolute atomic E-state index is 12.5. The molecule has 0 radical (unpaired) electrons. The number of aliphatic hydroxyl groups is 2. The summed E-state index contributed by atoms with van der Waals surface area (Å²) in [4.78, 5) is 49.0. The first-order valence-electron chi connectivity index (χ1n) is 8.12. The molecule has 0 aliphatic carbocycles. The van der Waals surface area contributed by atoms with Gasteiger partial charge in [0.05, 0.1) is 31.8 Å². The summed E-state index contributed by atoms with van der Waals surface area (Å²) in [6.45, 7) is 8.22. The molecule has 2 N–H and O–H groups in total. The van der Waals surface area contributed by atoms with Gasteiger partial charge in [-0.15, -0.1) is 0 Å². The molecule has 1 heterocycles. The molecular weight excluding hydrogens is 346 g/mol. The minimum absolute atomic E-state index is 0.162. The lowest BCUT2D eigenvalue weighted by atomic mass is 10.3. The van der Waals surface area contributed by atoms with Gasteiger partial charge in [-0.1, -0.05) is 6.58 Å². The van der Waals surface area contributed by atoms with E-state index in [1.807, 2.05) is 0 Å². The summed E-state index contributed by atoms with van der Waals surface area (Å²) < 4.78 is 7.22. The van der Waals surface area contributed by atoms with E-state index in [9.17, 15) is 29.4 Å². The van der Waals surface area contributed by atoms with E-state index in [2.05, 4.69) is 6.58 Å². The van der Waals surface area contributed by atoms with E-state index in [1.165, 1.54) is 27.7 Å². The second-order valence-electron chi connectivity index (χ2n) is 6.37. The first-order valence-corrected chi connectivity index (χ1v) is 8.12. The highest BCUT2D eigenvalue weighted by molar-refractivity contribution is 5.87. The zero-order valence-electron chi connectivity index (χ0n) is 15.3. The van der Waals surface area contributed by atoms with Crippen molar-refractivity contribution in [1.82, 2.24) is 13.7 Å². The number of nitrogens with zero attached hydrogens (tertiary/aromatic N) is 3. The Morgan fingerprint density at radius 1 is 0.923 bits per heavy atom. The second-order valence-corrected chi connectivity index (χ2v) is 6.37. The van der Waals surface area contributed by atoms with Crippen LogP contribution in [-0.2, 0) is 29.2 Å². The number of ether oxygens (including phenoxy) is 1. The largest absolute Gasteiger partial charge is 0.457 e. The Labute approximate surface area is 149 Å². The molecule has 1 aromatic heterocycles. The minimum atomic E-state index is -1.01. The molecule has 0 aliphatic rings. The molecule has 26 heavy (non-hydrogen) atoms. The summed E-state index contributed by atoms with van der Waals surface area (Å²) in [7, 11) is 0. The van der Waals surface area contributed by atoms with E-state index in [4.69, 9.17) is 4.74 Å². The summed E-state index contributed by atoms with van der Waals surface area (Å²) in [5.41, 5.74) is -2.62. The van der Waals surface area contributed by atoms with Gasteiger partial charge in [0.15, 0.2) is 0 Å². The quantitative estimate of drug-likeness (QED) is 0.417. The normalized spacial score (nSPS) is 14.5. The third-order valence-electron chi connectivity index (χ3n) is 3.38. The summed E-state index contributed by atoms with van der Waals surface area (Å²) in [6.07, 6.45) is -2.86. The molecule has 146 valence electrons. The minimum Gasteiger partial charge on any atom is -0.457 e. The molecule has 10 heteroatoms. The van der Waals surface area contributed by atoms with Crippen LogP contribution in [0.3, 0.4) is 0 Å². The van der Waals surface area contributed by atoms with Crippen molar-refractivity contribution in [2.75, 3.05) is 0 Å². The molecule has 1 rings (SSSR count). The summed E-state index contributed by atoms with van der Waals surface area (Å²) in [5, 5.41) is 19.1. The lowest BCUT2D eigenvalue weighted by molar-refractivity contribution is -0.144. The topological polar surface area (TPSA) is 133 Å². The van der Waals surface area contributed by atoms with Crippen molar-refractivity contribution in [2.45, 2.75) is 65.6 Å². The first kappa shape index (κ1) is 21.6. The number of esters is 1. The monoisotopic (exact) mass is 371 g/mol. The van der Waals surface area contributed by atoms with Crippen molar-refractivity contribution in [3.63, 3.8) is 0 Å². The van der Waals surface area contributed by atoms with E-state index in [-0.39, 0.29) is 25.2 Å². The first-order chi connectivity index (χ1) is 12.0. The van der Waals surface area contributed by atoms with E-state index >= 15 is 0 Å². The molecule has 0 saturated carbocycles. The zero-order valence-corrected chi connectivity index (χ0v) is 15.3. The Hall–Kier alpha value is -2.46. The molecule has 0 aliphatic heterocycles. The fourth-order valence-corrected chi connectivity index (χ4v) is 2.26. The van der Waals surface area contributed by atoms with Gasteiger partial charge in [0.1, 0.15) is 6.10 Å². The van der Waals surface area contributed by atoms with E-state index in [1.54, 1.807) is 0 Å². The van der Waals surface area contributed by atoms with Crippen molar-refractivity contribution in [1.29, 1.82) is 0 Å². The fourth-order valence-electron chi connectivity index (χ4n) is 2.26. The molecule has 0 aromatic carbocycles. The number of rotatable bonds is 8. The Bertz CT molecular complexity index is 797. The SMILES string of the molecule is C=C(C)C(=O)OC(C)Cn1c(=O)n(CC(C)O)c(=O)n(CC(C)O)c1=O. The lowest BCUT2D eigenvalue weighted by Crippen LogP contribution is -2.56. The van der Waals surface area contributed by atoms with Crippen molar-refractivity contribution < 1.29 is 19.7 Å². The number of hydrogen-bond acceptors (Lipinski definition) is 7. The smallest absolute Gasteiger partial charge is 0.336 e. The van der Waals surface area contributed by atoms with E-state index in [0.29, 0.717) is 9.13 Å². The number of carbonyl (C=O) groups excluding carboxylic acids is 1. The molecule has 0 amide bonds. The highest BCUT2D eigenvalue weighted by Gasteiger charge is 2.20. The van der Waals surface area contributed by atoms with Gasteiger partial charge < -0.3 is 14.9 Å². The van der Waals surface area contributed by atoms with Gasteiger partial charge in [-0.25, -0.2) is 32.9 Å². The van der Waals surface area contributed by atoms with Gasteiger partial charge in [0.25, 0.3) is 0 Å². The molecular formula is C16H25N3O7. The molecule has 1 aromatic rings. The average Bonchev–Trinajstić information content (AvgIpc) is 2.51. The maximum Gasteiger partial charge on any atom is 0.336 e. The summed E-state index contributed by atoms with van der Waals surface area (Å²) >= 11 is 0. The van der Waals surface area contributed by atoms with Crippen LogP contribution in [0.4, 0.5) is 0 Å². The second kappa shape index (κ2) is 8.77. The molecule has 3 unspecified atom stereocenters. The van der Waals surface area contributed by atoms with Gasteiger partial charge in [-0.2, -0.15) is 0 Å². The van der Waals surface area contributed by atoms with Crippen LogP contribution in [0.15, 0.2) is 26.5 Å². The number of aromatic nitrogens is 3. The predicted octanol–water partition coefficient (Wildman–Crippen LogP) is -1.56. The average molecular weight is 371 g/mol.